The summed E-state index contributed by atoms with van der Waals surface area (Å²) in [4.78, 5) is 20.6. The number of aromatic nitrogens is 1. The summed E-state index contributed by atoms with van der Waals surface area (Å²) < 4.78 is 24.1. The number of halogens is 1. The number of carbonyl (C=O) groups excluding carboxylic acids is 1. The highest BCUT2D eigenvalue weighted by atomic mass is 19.1. The van der Waals surface area contributed by atoms with Crippen LogP contribution in [-0.4, -0.2) is 54.3 Å². The van der Waals surface area contributed by atoms with Crippen molar-refractivity contribution in [1.29, 1.82) is 0 Å². The molecule has 2 heterocycles. The van der Waals surface area contributed by atoms with Crippen LogP contribution in [0.2, 0.25) is 0 Å². The van der Waals surface area contributed by atoms with Gasteiger partial charge >= 0.3 is 6.03 Å². The standard InChI is InChI=1S/C23H25FN4O4/c1-31-21-12-18(5-6-19(21)22-14-25-15-32-22)27-7-2-8-28(10-9-27)23(30)26-13-16-3-4-17(24)11-20(16)29/h3-6,11-12,14-15,29H,2,7-10,13H2,1H3,(H,26,30). The molecule has 4 rings (SSSR count). The number of anilines is 1. The Balaban J connectivity index is 1.38. The summed E-state index contributed by atoms with van der Waals surface area (Å²) in [5, 5.41) is 12.6. The minimum Gasteiger partial charge on any atom is -0.507 e. The van der Waals surface area contributed by atoms with Crippen molar-refractivity contribution >= 4 is 11.7 Å². The molecule has 1 aliphatic rings. The third-order valence-electron chi connectivity index (χ3n) is 5.51. The van der Waals surface area contributed by atoms with E-state index in [1.54, 1.807) is 18.2 Å². The second-order valence-electron chi connectivity index (χ2n) is 7.51. The van der Waals surface area contributed by atoms with Crippen LogP contribution in [-0.2, 0) is 6.54 Å². The number of aromatic hydroxyl groups is 1. The van der Waals surface area contributed by atoms with Crippen LogP contribution in [0.25, 0.3) is 11.3 Å². The number of hydrogen-bond acceptors (Lipinski definition) is 6. The maximum Gasteiger partial charge on any atom is 0.317 e. The fourth-order valence-electron chi connectivity index (χ4n) is 3.78. The number of methoxy groups -OCH3 is 1. The van der Waals surface area contributed by atoms with E-state index in [2.05, 4.69) is 15.2 Å². The Kier molecular flexibility index (Phi) is 6.44. The molecule has 0 bridgehead atoms. The second kappa shape index (κ2) is 9.59. The molecule has 8 nitrogen and oxygen atoms in total. The molecule has 1 saturated heterocycles. The van der Waals surface area contributed by atoms with Crippen LogP contribution >= 0.6 is 0 Å². The number of phenolic OH excluding ortho intramolecular Hbond substituents is 1. The number of ether oxygens (including phenoxy) is 1. The molecule has 1 aromatic heterocycles. The molecule has 0 unspecified atom stereocenters. The predicted octanol–water partition coefficient (Wildman–Crippen LogP) is 3.62. The smallest absolute Gasteiger partial charge is 0.317 e. The second-order valence-corrected chi connectivity index (χ2v) is 7.51. The van der Waals surface area contributed by atoms with Crippen LogP contribution in [0.3, 0.4) is 0 Å². The van der Waals surface area contributed by atoms with Crippen LogP contribution in [0.15, 0.2) is 53.4 Å². The van der Waals surface area contributed by atoms with Gasteiger partial charge in [0.1, 0.15) is 17.3 Å². The zero-order valence-electron chi connectivity index (χ0n) is 17.8. The summed E-state index contributed by atoms with van der Waals surface area (Å²) in [6, 6.07) is 9.46. The zero-order valence-corrected chi connectivity index (χ0v) is 17.8. The van der Waals surface area contributed by atoms with Crippen molar-refractivity contribution in [3.8, 4) is 22.8 Å². The van der Waals surface area contributed by atoms with E-state index >= 15 is 0 Å². The summed E-state index contributed by atoms with van der Waals surface area (Å²) in [6.07, 6.45) is 3.83. The van der Waals surface area contributed by atoms with Gasteiger partial charge < -0.3 is 29.4 Å². The minimum absolute atomic E-state index is 0.130. The maximum atomic E-state index is 13.1. The van der Waals surface area contributed by atoms with Gasteiger partial charge in [0.05, 0.1) is 18.9 Å². The van der Waals surface area contributed by atoms with Crippen LogP contribution in [0.4, 0.5) is 14.9 Å². The number of nitrogens with one attached hydrogen (secondary N) is 1. The van der Waals surface area contributed by atoms with Crippen molar-refractivity contribution in [2.45, 2.75) is 13.0 Å². The minimum atomic E-state index is -0.518. The summed E-state index contributed by atoms with van der Waals surface area (Å²) in [5.41, 5.74) is 2.30. The number of phenols is 1. The molecular weight excluding hydrogens is 415 g/mol. The van der Waals surface area contributed by atoms with Crippen molar-refractivity contribution in [2.75, 3.05) is 38.2 Å². The van der Waals surface area contributed by atoms with Crippen molar-refractivity contribution in [3.63, 3.8) is 0 Å². The summed E-state index contributed by atoms with van der Waals surface area (Å²) in [5.74, 6) is 0.641. The summed E-state index contributed by atoms with van der Waals surface area (Å²) in [6.45, 7) is 2.76. The molecule has 3 aromatic rings. The Bertz CT molecular complexity index is 1070. The van der Waals surface area contributed by atoms with Gasteiger partial charge in [-0.3, -0.25) is 0 Å². The first-order valence-electron chi connectivity index (χ1n) is 10.4. The van der Waals surface area contributed by atoms with Crippen molar-refractivity contribution in [1.82, 2.24) is 15.2 Å². The molecular formula is C23H25FN4O4. The molecule has 0 saturated carbocycles. The van der Waals surface area contributed by atoms with E-state index in [4.69, 9.17) is 9.15 Å². The average Bonchev–Trinajstić information content (AvgIpc) is 3.22. The number of rotatable bonds is 5. The lowest BCUT2D eigenvalue weighted by atomic mass is 10.1. The third-order valence-corrected chi connectivity index (χ3v) is 5.51. The van der Waals surface area contributed by atoms with Gasteiger partial charge in [-0.2, -0.15) is 0 Å². The normalized spacial score (nSPS) is 14.2. The third kappa shape index (κ3) is 4.77. The molecule has 2 amide bonds. The van der Waals surface area contributed by atoms with E-state index in [0.29, 0.717) is 36.7 Å². The molecule has 168 valence electrons. The summed E-state index contributed by atoms with van der Waals surface area (Å²) >= 11 is 0. The van der Waals surface area contributed by atoms with Gasteiger partial charge in [0, 0.05) is 56.1 Å². The monoisotopic (exact) mass is 440 g/mol. The molecule has 0 aliphatic carbocycles. The first-order chi connectivity index (χ1) is 15.5. The highest BCUT2D eigenvalue weighted by molar-refractivity contribution is 5.74. The predicted molar refractivity (Wildman–Crippen MR) is 117 cm³/mol. The van der Waals surface area contributed by atoms with E-state index < -0.39 is 5.82 Å². The van der Waals surface area contributed by atoms with E-state index in [-0.39, 0.29) is 18.3 Å². The van der Waals surface area contributed by atoms with Crippen LogP contribution in [0.5, 0.6) is 11.5 Å². The van der Waals surface area contributed by atoms with E-state index in [0.717, 1.165) is 30.3 Å². The average molecular weight is 440 g/mol. The van der Waals surface area contributed by atoms with Crippen LogP contribution in [0.1, 0.15) is 12.0 Å². The van der Waals surface area contributed by atoms with E-state index in [9.17, 15) is 14.3 Å². The number of nitrogens with zero attached hydrogens (tertiary/aromatic N) is 3. The molecule has 0 radical (unpaired) electrons. The topological polar surface area (TPSA) is 91.1 Å². The van der Waals surface area contributed by atoms with Gasteiger partial charge in [0.2, 0.25) is 0 Å². The van der Waals surface area contributed by atoms with Gasteiger partial charge in [0.15, 0.2) is 12.2 Å². The van der Waals surface area contributed by atoms with Gasteiger partial charge in [-0.25, -0.2) is 14.2 Å². The number of carbonyl (C=O) groups is 1. The Morgan fingerprint density at radius 3 is 2.84 bits per heavy atom. The fraction of sp³-hybridized carbons (Fsp3) is 0.304. The molecule has 0 spiro atoms. The molecule has 2 N–H and O–H groups in total. The Labute approximate surface area is 185 Å². The Hall–Kier alpha value is -3.75. The molecule has 9 heteroatoms. The highest BCUT2D eigenvalue weighted by Crippen LogP contribution is 2.33. The number of oxazole rings is 1. The molecule has 32 heavy (non-hydrogen) atoms. The van der Waals surface area contributed by atoms with Crippen molar-refractivity contribution < 1.29 is 23.4 Å². The molecule has 1 fully saturated rings. The first kappa shape index (κ1) is 21.5. The van der Waals surface area contributed by atoms with Gasteiger partial charge in [0.25, 0.3) is 0 Å². The van der Waals surface area contributed by atoms with E-state index in [1.165, 1.54) is 18.5 Å². The van der Waals surface area contributed by atoms with Crippen molar-refractivity contribution in [3.05, 3.63) is 60.4 Å². The number of benzene rings is 2. The zero-order chi connectivity index (χ0) is 22.5. The van der Waals surface area contributed by atoms with Crippen LogP contribution < -0.4 is 15.0 Å². The Morgan fingerprint density at radius 2 is 2.09 bits per heavy atom. The molecule has 1 aliphatic heterocycles. The highest BCUT2D eigenvalue weighted by Gasteiger charge is 2.21. The Morgan fingerprint density at radius 1 is 1.22 bits per heavy atom. The summed E-state index contributed by atoms with van der Waals surface area (Å²) in [7, 11) is 1.62. The van der Waals surface area contributed by atoms with Gasteiger partial charge in [-0.15, -0.1) is 0 Å². The fourth-order valence-corrected chi connectivity index (χ4v) is 3.78. The van der Waals surface area contributed by atoms with Crippen LogP contribution in [0, 0.1) is 5.82 Å². The lowest BCUT2D eigenvalue weighted by Gasteiger charge is -2.24. The quantitative estimate of drug-likeness (QED) is 0.630. The maximum absolute atomic E-state index is 13.1. The lowest BCUT2D eigenvalue weighted by Crippen LogP contribution is -2.41. The lowest BCUT2D eigenvalue weighted by molar-refractivity contribution is 0.201. The SMILES string of the molecule is COc1cc(N2CCCN(C(=O)NCc3ccc(F)cc3O)CC2)ccc1-c1cnco1. The van der Waals surface area contributed by atoms with Gasteiger partial charge in [-0.05, 0) is 24.6 Å². The number of hydrogen-bond donors (Lipinski definition) is 2. The molecule has 2 aromatic carbocycles. The van der Waals surface area contributed by atoms with E-state index in [1.807, 2.05) is 18.2 Å². The van der Waals surface area contributed by atoms with Crippen molar-refractivity contribution in [2.24, 2.45) is 0 Å². The number of amides is 2. The molecule has 0 atom stereocenters. The largest absolute Gasteiger partial charge is 0.507 e. The first-order valence-corrected chi connectivity index (χ1v) is 10.4. The number of urea groups is 1. The van der Waals surface area contributed by atoms with Gasteiger partial charge in [-0.1, -0.05) is 6.07 Å².